The Labute approximate surface area is 200 Å². The maximum atomic E-state index is 13.2. The first-order valence-corrected chi connectivity index (χ1v) is 11.8. The summed E-state index contributed by atoms with van der Waals surface area (Å²) < 4.78 is 40.7. The molecule has 1 amide bonds. The van der Waals surface area contributed by atoms with Gasteiger partial charge < -0.3 is 15.2 Å². The second-order valence-corrected chi connectivity index (χ2v) is 9.52. The van der Waals surface area contributed by atoms with E-state index in [2.05, 4.69) is 29.9 Å². The summed E-state index contributed by atoms with van der Waals surface area (Å²) in [4.78, 5) is 23.8. The highest BCUT2D eigenvalue weighted by molar-refractivity contribution is 7.93. The maximum absolute atomic E-state index is 13.2. The lowest BCUT2D eigenvalue weighted by molar-refractivity contribution is -0.118. The van der Waals surface area contributed by atoms with Gasteiger partial charge in [-0.3, -0.25) is 14.1 Å². The molecular formula is C19H23ClN8O5S. The normalized spacial score (nSPS) is 13.3. The van der Waals surface area contributed by atoms with E-state index in [1.54, 1.807) is 18.2 Å². The van der Waals surface area contributed by atoms with Crippen molar-refractivity contribution >= 4 is 33.5 Å². The van der Waals surface area contributed by atoms with Crippen LogP contribution in [0.2, 0.25) is 5.02 Å². The summed E-state index contributed by atoms with van der Waals surface area (Å²) in [7, 11) is -1.29. The smallest absolute Gasteiger partial charge is 0.240 e. The number of amides is 1. The van der Waals surface area contributed by atoms with E-state index in [9.17, 15) is 13.2 Å². The fraction of sp³-hybridized carbons (Fsp3) is 0.368. The van der Waals surface area contributed by atoms with Crippen molar-refractivity contribution in [3.05, 3.63) is 41.4 Å². The molecule has 3 heterocycles. The zero-order valence-electron chi connectivity index (χ0n) is 18.5. The first-order chi connectivity index (χ1) is 16.2. The van der Waals surface area contributed by atoms with Crippen LogP contribution in [-0.2, 0) is 26.1 Å². The third-order valence-corrected chi connectivity index (χ3v) is 6.68. The molecule has 2 atom stereocenters. The Morgan fingerprint density at radius 1 is 1.24 bits per heavy atom. The van der Waals surface area contributed by atoms with Crippen LogP contribution in [0.4, 0.5) is 5.95 Å². The van der Waals surface area contributed by atoms with E-state index in [0.717, 1.165) is 0 Å². The van der Waals surface area contributed by atoms with E-state index in [0.29, 0.717) is 16.6 Å². The lowest BCUT2D eigenvalue weighted by Gasteiger charge is -2.22. The van der Waals surface area contributed by atoms with Crippen molar-refractivity contribution in [3.63, 3.8) is 0 Å². The number of aromatic nitrogens is 6. The van der Waals surface area contributed by atoms with Crippen LogP contribution in [0, 0.1) is 0 Å². The Hall–Kier alpha value is -3.36. The van der Waals surface area contributed by atoms with Crippen LogP contribution in [0.3, 0.4) is 0 Å². The monoisotopic (exact) mass is 510 g/mol. The van der Waals surface area contributed by atoms with Crippen LogP contribution in [0.1, 0.15) is 25.3 Å². The largest absolute Gasteiger partial charge is 0.481 e. The molecule has 182 valence electrons. The number of carbonyl (C=O) groups is 1. The number of primary amides is 1. The SMILES string of the molecule is COc1cccc(-c2nnc(NS(=O)(=O)C(C)C(OC)c3ncc(Cl)cn3)n2CCC(N)=O)n1. The molecular weight excluding hydrogens is 488 g/mol. The predicted molar refractivity (Wildman–Crippen MR) is 122 cm³/mol. The molecule has 15 heteroatoms. The Bertz CT molecular complexity index is 1250. The Morgan fingerprint density at radius 3 is 2.56 bits per heavy atom. The molecule has 3 N–H and O–H groups in total. The van der Waals surface area contributed by atoms with Gasteiger partial charge in [0.05, 0.1) is 12.1 Å². The lowest BCUT2D eigenvalue weighted by Crippen LogP contribution is -2.33. The van der Waals surface area contributed by atoms with Crippen molar-refractivity contribution in [2.45, 2.75) is 31.2 Å². The zero-order valence-corrected chi connectivity index (χ0v) is 20.1. The summed E-state index contributed by atoms with van der Waals surface area (Å²) in [5.41, 5.74) is 5.65. The van der Waals surface area contributed by atoms with E-state index in [4.69, 9.17) is 26.8 Å². The average molecular weight is 511 g/mol. The van der Waals surface area contributed by atoms with E-state index >= 15 is 0 Å². The molecule has 3 rings (SSSR count). The standard InChI is InChI=1S/C19H23ClN8O5S/c1-11(16(33-3)17-22-9-12(20)10-23-17)34(30,31)27-19-26-25-18(28(19)8-7-14(21)29)13-5-4-6-15(24-13)32-2/h4-6,9-11,16H,7-8H2,1-3H3,(H2,21,29)(H,26,27). The number of hydrogen-bond donors (Lipinski definition) is 2. The number of carbonyl (C=O) groups excluding carboxylic acids is 1. The Balaban J connectivity index is 1.95. The average Bonchev–Trinajstić information content (AvgIpc) is 3.20. The highest BCUT2D eigenvalue weighted by Gasteiger charge is 2.34. The zero-order chi connectivity index (χ0) is 24.9. The molecule has 0 fully saturated rings. The molecule has 0 bridgehead atoms. The summed E-state index contributed by atoms with van der Waals surface area (Å²) in [6.45, 7) is 1.44. The minimum atomic E-state index is -4.10. The molecule has 13 nitrogen and oxygen atoms in total. The molecule has 0 aliphatic rings. The molecule has 0 aromatic carbocycles. The quantitative estimate of drug-likeness (QED) is 0.380. The molecule has 34 heavy (non-hydrogen) atoms. The number of sulfonamides is 1. The Kier molecular flexibility index (Phi) is 7.96. The molecule has 3 aromatic rings. The van der Waals surface area contributed by atoms with Crippen LogP contribution in [0.25, 0.3) is 11.5 Å². The van der Waals surface area contributed by atoms with Gasteiger partial charge >= 0.3 is 0 Å². The number of ether oxygens (including phenoxy) is 2. The number of nitrogens with one attached hydrogen (secondary N) is 1. The molecule has 0 radical (unpaired) electrons. The van der Waals surface area contributed by atoms with E-state index in [-0.39, 0.29) is 30.6 Å². The number of pyridine rings is 1. The lowest BCUT2D eigenvalue weighted by atomic mass is 10.2. The summed E-state index contributed by atoms with van der Waals surface area (Å²) >= 11 is 5.82. The summed E-state index contributed by atoms with van der Waals surface area (Å²) in [5.74, 6) is -0.0287. The number of nitrogens with zero attached hydrogens (tertiary/aromatic N) is 6. The van der Waals surface area contributed by atoms with Gasteiger partial charge in [-0.2, -0.15) is 0 Å². The molecule has 0 aliphatic heterocycles. The van der Waals surface area contributed by atoms with E-state index < -0.39 is 27.3 Å². The number of methoxy groups -OCH3 is 2. The number of hydrogen-bond acceptors (Lipinski definition) is 10. The van der Waals surface area contributed by atoms with Crippen molar-refractivity contribution < 1.29 is 22.7 Å². The van der Waals surface area contributed by atoms with Gasteiger partial charge in [0.1, 0.15) is 17.0 Å². The van der Waals surface area contributed by atoms with Crippen molar-refractivity contribution in [3.8, 4) is 17.4 Å². The molecule has 3 aromatic heterocycles. The second kappa shape index (κ2) is 10.7. The molecule has 0 spiro atoms. The van der Waals surface area contributed by atoms with Crippen molar-refractivity contribution in [2.24, 2.45) is 5.73 Å². The number of anilines is 1. The first-order valence-electron chi connectivity index (χ1n) is 9.91. The first kappa shape index (κ1) is 25.3. The Morgan fingerprint density at radius 2 is 1.94 bits per heavy atom. The van der Waals surface area contributed by atoms with Crippen LogP contribution in [-0.4, -0.2) is 63.5 Å². The summed E-state index contributed by atoms with van der Waals surface area (Å²) in [6, 6.07) is 4.98. The third kappa shape index (κ3) is 5.76. The van der Waals surface area contributed by atoms with Gasteiger partial charge in [0.15, 0.2) is 11.6 Å². The maximum Gasteiger partial charge on any atom is 0.240 e. The second-order valence-electron chi connectivity index (χ2n) is 7.05. The number of nitrogens with two attached hydrogens (primary N) is 1. The molecule has 0 aliphatic carbocycles. The minimum Gasteiger partial charge on any atom is -0.481 e. The van der Waals surface area contributed by atoms with Gasteiger partial charge in [-0.15, -0.1) is 10.2 Å². The van der Waals surface area contributed by atoms with Gasteiger partial charge in [-0.1, -0.05) is 17.7 Å². The van der Waals surface area contributed by atoms with Crippen molar-refractivity contribution in [1.82, 2.24) is 29.7 Å². The molecule has 0 saturated carbocycles. The summed E-state index contributed by atoms with van der Waals surface area (Å²) in [6.07, 6.45) is 1.60. The predicted octanol–water partition coefficient (Wildman–Crippen LogP) is 1.19. The summed E-state index contributed by atoms with van der Waals surface area (Å²) in [5, 5.41) is 7.18. The van der Waals surface area contributed by atoms with Crippen molar-refractivity contribution in [1.29, 1.82) is 0 Å². The van der Waals surface area contributed by atoms with E-state index in [1.807, 2.05) is 0 Å². The minimum absolute atomic E-state index is 0.0107. The van der Waals surface area contributed by atoms with Gasteiger partial charge in [-0.25, -0.2) is 23.4 Å². The molecule has 2 unspecified atom stereocenters. The van der Waals surface area contributed by atoms with Gasteiger partial charge in [0.25, 0.3) is 0 Å². The van der Waals surface area contributed by atoms with Crippen molar-refractivity contribution in [2.75, 3.05) is 18.9 Å². The van der Waals surface area contributed by atoms with Crippen LogP contribution in [0.15, 0.2) is 30.6 Å². The number of halogens is 1. The van der Waals surface area contributed by atoms with Crippen LogP contribution in [0.5, 0.6) is 5.88 Å². The van der Waals surface area contributed by atoms with Crippen LogP contribution < -0.4 is 15.2 Å². The fourth-order valence-electron chi connectivity index (χ4n) is 3.01. The highest BCUT2D eigenvalue weighted by Crippen LogP contribution is 2.26. The fourth-order valence-corrected chi connectivity index (χ4v) is 4.26. The third-order valence-electron chi connectivity index (χ3n) is 4.79. The highest BCUT2D eigenvalue weighted by atomic mass is 35.5. The van der Waals surface area contributed by atoms with E-state index in [1.165, 1.54) is 38.1 Å². The topological polar surface area (TPSA) is 177 Å². The van der Waals surface area contributed by atoms with Gasteiger partial charge in [0, 0.05) is 38.5 Å². The van der Waals surface area contributed by atoms with Gasteiger partial charge in [-0.05, 0) is 13.0 Å². The van der Waals surface area contributed by atoms with Crippen LogP contribution >= 0.6 is 11.6 Å². The number of rotatable bonds is 11. The molecule has 0 saturated heterocycles. The van der Waals surface area contributed by atoms with Gasteiger partial charge in [0.2, 0.25) is 27.8 Å².